The molecule has 24 heavy (non-hydrogen) atoms. The van der Waals surface area contributed by atoms with Crippen molar-refractivity contribution in [2.75, 3.05) is 0 Å². The van der Waals surface area contributed by atoms with Crippen LogP contribution in [0.25, 0.3) is 12.2 Å². The summed E-state index contributed by atoms with van der Waals surface area (Å²) >= 11 is 0. The second-order valence-corrected chi connectivity index (χ2v) is 7.00. The van der Waals surface area contributed by atoms with Crippen molar-refractivity contribution >= 4 is 12.2 Å². The molecule has 0 bridgehead atoms. The molecule has 128 valence electrons. The van der Waals surface area contributed by atoms with E-state index < -0.39 is 5.60 Å². The van der Waals surface area contributed by atoms with Gasteiger partial charge in [0, 0.05) is 0 Å². The molecule has 2 rings (SSSR count). The van der Waals surface area contributed by atoms with Gasteiger partial charge in [-0.25, -0.2) is 0 Å². The molecule has 0 atom stereocenters. The molecular weight excluding hydrogens is 296 g/mol. The molecule has 0 aliphatic heterocycles. The molecule has 0 aromatic heterocycles. The first-order chi connectivity index (χ1) is 11.5. The van der Waals surface area contributed by atoms with Crippen LogP contribution in [-0.2, 0) is 13.0 Å². The Kier molecular flexibility index (Phi) is 6.77. The van der Waals surface area contributed by atoms with Gasteiger partial charge in [-0.15, -0.1) is 0 Å². The Morgan fingerprint density at radius 1 is 0.875 bits per heavy atom. The topological polar surface area (TPSA) is 40.5 Å². The maximum atomic E-state index is 9.75. The normalized spacial score (nSPS) is 12.0. The van der Waals surface area contributed by atoms with Gasteiger partial charge in [-0.3, -0.25) is 0 Å². The first-order valence-electron chi connectivity index (χ1n) is 8.65. The SMILES string of the molecule is CC(C)(O)CCCCc1cccc(C=Cc2cccc(CO)c2)c1. The fourth-order valence-electron chi connectivity index (χ4n) is 2.73. The summed E-state index contributed by atoms with van der Waals surface area (Å²) in [5.41, 5.74) is 3.98. The van der Waals surface area contributed by atoms with Crippen LogP contribution in [0.5, 0.6) is 0 Å². The minimum absolute atomic E-state index is 0.0712. The molecule has 0 radical (unpaired) electrons. The Labute approximate surface area is 145 Å². The maximum absolute atomic E-state index is 9.75. The molecule has 0 saturated heterocycles. The van der Waals surface area contributed by atoms with Gasteiger partial charge in [0.1, 0.15) is 0 Å². The van der Waals surface area contributed by atoms with Gasteiger partial charge in [0.05, 0.1) is 12.2 Å². The summed E-state index contributed by atoms with van der Waals surface area (Å²) in [4.78, 5) is 0. The second kappa shape index (κ2) is 8.81. The van der Waals surface area contributed by atoms with E-state index in [1.807, 2.05) is 38.1 Å². The molecule has 0 aliphatic carbocycles. The number of aryl methyl sites for hydroxylation is 1. The van der Waals surface area contributed by atoms with Crippen LogP contribution in [0.4, 0.5) is 0 Å². The van der Waals surface area contributed by atoms with Crippen LogP contribution in [0.3, 0.4) is 0 Å². The highest BCUT2D eigenvalue weighted by Crippen LogP contribution is 2.16. The van der Waals surface area contributed by atoms with Gasteiger partial charge in [-0.1, -0.05) is 61.0 Å². The van der Waals surface area contributed by atoms with Crippen LogP contribution in [0.15, 0.2) is 48.5 Å². The molecular formula is C22H28O2. The smallest absolute Gasteiger partial charge is 0.0682 e. The largest absolute Gasteiger partial charge is 0.392 e. The van der Waals surface area contributed by atoms with Crippen molar-refractivity contribution in [2.24, 2.45) is 0 Å². The van der Waals surface area contributed by atoms with Crippen LogP contribution in [0.2, 0.25) is 0 Å². The number of unbranched alkanes of at least 4 members (excludes halogenated alkanes) is 1. The van der Waals surface area contributed by atoms with Crippen molar-refractivity contribution in [3.8, 4) is 0 Å². The van der Waals surface area contributed by atoms with Gasteiger partial charge >= 0.3 is 0 Å². The standard InChI is InChI=1S/C22H28O2/c1-22(2,24)14-4-3-7-18-8-5-9-19(15-18)12-13-20-10-6-11-21(16-20)17-23/h5-6,8-13,15-16,23-24H,3-4,7,14,17H2,1-2H3. The Bertz CT molecular complexity index is 666. The lowest BCUT2D eigenvalue weighted by Gasteiger charge is -2.16. The second-order valence-electron chi connectivity index (χ2n) is 7.00. The van der Waals surface area contributed by atoms with Crippen LogP contribution in [0, 0.1) is 0 Å². The summed E-state index contributed by atoms with van der Waals surface area (Å²) in [6.07, 6.45) is 8.20. The maximum Gasteiger partial charge on any atom is 0.0682 e. The molecule has 0 fully saturated rings. The summed E-state index contributed by atoms with van der Waals surface area (Å²) in [6, 6.07) is 16.5. The van der Waals surface area contributed by atoms with Gasteiger partial charge in [0.15, 0.2) is 0 Å². The highest BCUT2D eigenvalue weighted by Gasteiger charge is 2.10. The quantitative estimate of drug-likeness (QED) is 0.539. The molecule has 0 saturated carbocycles. The van der Waals surface area contributed by atoms with E-state index >= 15 is 0 Å². The first kappa shape index (κ1) is 18.4. The highest BCUT2D eigenvalue weighted by atomic mass is 16.3. The lowest BCUT2D eigenvalue weighted by molar-refractivity contribution is 0.0682. The average molecular weight is 324 g/mol. The minimum Gasteiger partial charge on any atom is -0.392 e. The van der Waals surface area contributed by atoms with Crippen LogP contribution in [-0.4, -0.2) is 15.8 Å². The fourth-order valence-corrected chi connectivity index (χ4v) is 2.73. The molecule has 0 aliphatic rings. The van der Waals surface area contributed by atoms with Crippen molar-refractivity contribution < 1.29 is 10.2 Å². The first-order valence-corrected chi connectivity index (χ1v) is 8.65. The lowest BCUT2D eigenvalue weighted by Crippen LogP contribution is -2.17. The Morgan fingerprint density at radius 3 is 2.04 bits per heavy atom. The molecule has 0 unspecified atom stereocenters. The number of benzene rings is 2. The van der Waals surface area contributed by atoms with E-state index in [9.17, 15) is 10.2 Å². The zero-order valence-corrected chi connectivity index (χ0v) is 14.7. The third-order valence-electron chi connectivity index (χ3n) is 4.06. The third-order valence-corrected chi connectivity index (χ3v) is 4.06. The summed E-state index contributed by atoms with van der Waals surface area (Å²) in [7, 11) is 0. The van der Waals surface area contributed by atoms with E-state index in [0.717, 1.165) is 36.8 Å². The highest BCUT2D eigenvalue weighted by molar-refractivity contribution is 5.70. The van der Waals surface area contributed by atoms with E-state index in [0.29, 0.717) is 0 Å². The summed E-state index contributed by atoms with van der Waals surface area (Å²) in [6.45, 7) is 3.80. The fraction of sp³-hybridized carbons (Fsp3) is 0.364. The molecule has 0 amide bonds. The number of rotatable bonds is 8. The van der Waals surface area contributed by atoms with Crippen LogP contribution in [0.1, 0.15) is 55.4 Å². The van der Waals surface area contributed by atoms with E-state index in [2.05, 4.69) is 36.4 Å². The Morgan fingerprint density at radius 2 is 1.46 bits per heavy atom. The van der Waals surface area contributed by atoms with Gasteiger partial charge in [-0.2, -0.15) is 0 Å². The van der Waals surface area contributed by atoms with E-state index in [4.69, 9.17) is 0 Å². The van der Waals surface area contributed by atoms with Crippen LogP contribution >= 0.6 is 0 Å². The van der Waals surface area contributed by atoms with Crippen LogP contribution < -0.4 is 0 Å². The van der Waals surface area contributed by atoms with E-state index in [-0.39, 0.29) is 6.61 Å². The van der Waals surface area contributed by atoms with Crippen molar-refractivity contribution in [2.45, 2.75) is 51.7 Å². The van der Waals surface area contributed by atoms with Gasteiger partial charge in [0.2, 0.25) is 0 Å². The summed E-state index contributed by atoms with van der Waals surface area (Å²) in [5, 5.41) is 18.9. The minimum atomic E-state index is -0.562. The van der Waals surface area contributed by atoms with Crippen molar-refractivity contribution in [3.05, 3.63) is 70.8 Å². The van der Waals surface area contributed by atoms with Gasteiger partial charge < -0.3 is 10.2 Å². The molecule has 0 heterocycles. The summed E-state index contributed by atoms with van der Waals surface area (Å²) < 4.78 is 0. The number of aliphatic hydroxyl groups is 2. The Hall–Kier alpha value is -1.90. The monoisotopic (exact) mass is 324 g/mol. The predicted octanol–water partition coefficient (Wildman–Crippen LogP) is 4.83. The van der Waals surface area contributed by atoms with Crippen molar-refractivity contribution in [1.29, 1.82) is 0 Å². The zero-order valence-electron chi connectivity index (χ0n) is 14.7. The molecule has 2 aromatic rings. The third kappa shape index (κ3) is 6.69. The average Bonchev–Trinajstić information content (AvgIpc) is 2.57. The predicted molar refractivity (Wildman–Crippen MR) is 102 cm³/mol. The molecule has 2 nitrogen and oxygen atoms in total. The zero-order chi connectivity index (χ0) is 17.4. The van der Waals surface area contributed by atoms with Gasteiger partial charge in [-0.05, 0) is 61.4 Å². The molecule has 0 spiro atoms. The lowest BCUT2D eigenvalue weighted by atomic mass is 9.98. The van der Waals surface area contributed by atoms with Crippen molar-refractivity contribution in [1.82, 2.24) is 0 Å². The molecule has 2 aromatic carbocycles. The number of hydrogen-bond donors (Lipinski definition) is 2. The van der Waals surface area contributed by atoms with Crippen molar-refractivity contribution in [3.63, 3.8) is 0 Å². The van der Waals surface area contributed by atoms with Gasteiger partial charge in [0.25, 0.3) is 0 Å². The van der Waals surface area contributed by atoms with E-state index in [1.54, 1.807) is 0 Å². The van der Waals surface area contributed by atoms with E-state index in [1.165, 1.54) is 11.1 Å². The Balaban J connectivity index is 1.93. The molecule has 2 heteroatoms. The number of hydrogen-bond acceptors (Lipinski definition) is 2. The summed E-state index contributed by atoms with van der Waals surface area (Å²) in [5.74, 6) is 0. The number of aliphatic hydroxyl groups excluding tert-OH is 1. The molecule has 2 N–H and O–H groups in total.